The van der Waals surface area contributed by atoms with Crippen molar-refractivity contribution in [2.75, 3.05) is 5.32 Å². The van der Waals surface area contributed by atoms with E-state index >= 15 is 0 Å². The number of aromatic amines is 1. The third-order valence-corrected chi connectivity index (χ3v) is 4.55. The van der Waals surface area contributed by atoms with E-state index in [9.17, 15) is 4.79 Å². The van der Waals surface area contributed by atoms with E-state index in [1.165, 1.54) is 12.8 Å². The van der Waals surface area contributed by atoms with Crippen LogP contribution in [0.1, 0.15) is 43.9 Å². The number of aryl methyl sites for hydroxylation is 1. The van der Waals surface area contributed by atoms with E-state index in [-0.39, 0.29) is 11.8 Å². The van der Waals surface area contributed by atoms with Crippen molar-refractivity contribution >= 4 is 5.82 Å². The van der Waals surface area contributed by atoms with Gasteiger partial charge >= 0.3 is 5.69 Å². The predicted octanol–water partition coefficient (Wildman–Crippen LogP) is 2.40. The Labute approximate surface area is 140 Å². The van der Waals surface area contributed by atoms with Gasteiger partial charge in [-0.2, -0.15) is 0 Å². The zero-order valence-electron chi connectivity index (χ0n) is 13.6. The Kier molecular flexibility index (Phi) is 4.15. The number of H-pyrrole nitrogens is 1. The second-order valence-corrected chi connectivity index (χ2v) is 6.49. The molecule has 128 valence electrons. The van der Waals surface area contributed by atoms with Crippen LogP contribution in [0.25, 0.3) is 0 Å². The van der Waals surface area contributed by atoms with Gasteiger partial charge in [0.15, 0.2) is 0 Å². The summed E-state index contributed by atoms with van der Waals surface area (Å²) in [4.78, 5) is 19.5. The number of hydrogen-bond acceptors (Lipinski definition) is 4. The van der Waals surface area contributed by atoms with Gasteiger partial charge in [0, 0.05) is 31.5 Å². The number of imidazole rings is 2. The topological polar surface area (TPSA) is 76.9 Å². The standard InChI is InChI=1S/C17H23N5O2/c23-17-20-16(19-13-5-6-13)15(14-4-1-2-11-24-14)22(17)9-3-8-21-10-7-18-12-21/h2,7,10-14,19H,1,3-6,8-9H2,(H,20,23). The van der Waals surface area contributed by atoms with Crippen molar-refractivity contribution in [3.8, 4) is 0 Å². The smallest absolute Gasteiger partial charge is 0.327 e. The summed E-state index contributed by atoms with van der Waals surface area (Å²) in [6.07, 6.45) is 14.3. The summed E-state index contributed by atoms with van der Waals surface area (Å²) in [6, 6.07) is 0.486. The van der Waals surface area contributed by atoms with E-state index in [1.54, 1.807) is 18.8 Å². The first-order valence-corrected chi connectivity index (χ1v) is 8.67. The third kappa shape index (κ3) is 3.25. The fourth-order valence-corrected chi connectivity index (χ4v) is 3.15. The molecule has 7 heteroatoms. The van der Waals surface area contributed by atoms with Crippen LogP contribution >= 0.6 is 0 Å². The zero-order valence-corrected chi connectivity index (χ0v) is 13.6. The Hall–Kier alpha value is -2.44. The molecule has 0 aromatic carbocycles. The molecule has 1 aliphatic carbocycles. The monoisotopic (exact) mass is 329 g/mol. The summed E-state index contributed by atoms with van der Waals surface area (Å²) < 4.78 is 9.66. The summed E-state index contributed by atoms with van der Waals surface area (Å²) >= 11 is 0. The maximum absolute atomic E-state index is 12.5. The van der Waals surface area contributed by atoms with E-state index < -0.39 is 0 Å². The van der Waals surface area contributed by atoms with Crippen molar-refractivity contribution in [1.82, 2.24) is 19.1 Å². The van der Waals surface area contributed by atoms with Crippen LogP contribution in [-0.4, -0.2) is 25.1 Å². The molecule has 0 spiro atoms. The van der Waals surface area contributed by atoms with Gasteiger partial charge in [-0.05, 0) is 38.2 Å². The molecule has 0 bridgehead atoms. The molecule has 0 amide bonds. The highest BCUT2D eigenvalue weighted by Crippen LogP contribution is 2.33. The molecule has 1 fully saturated rings. The molecule has 1 atom stereocenters. The summed E-state index contributed by atoms with van der Waals surface area (Å²) in [5, 5.41) is 3.45. The van der Waals surface area contributed by atoms with Crippen LogP contribution in [0.15, 0.2) is 35.9 Å². The maximum atomic E-state index is 12.5. The molecule has 0 saturated heterocycles. The van der Waals surface area contributed by atoms with Crippen LogP contribution < -0.4 is 11.0 Å². The van der Waals surface area contributed by atoms with Crippen molar-refractivity contribution < 1.29 is 4.74 Å². The van der Waals surface area contributed by atoms with Gasteiger partial charge in [-0.15, -0.1) is 0 Å². The lowest BCUT2D eigenvalue weighted by Crippen LogP contribution is -2.22. The summed E-state index contributed by atoms with van der Waals surface area (Å²) in [6.45, 7) is 1.51. The number of anilines is 1. The van der Waals surface area contributed by atoms with E-state index in [2.05, 4.69) is 15.3 Å². The average Bonchev–Trinajstić information content (AvgIpc) is 3.15. The highest BCUT2D eigenvalue weighted by atomic mass is 16.5. The van der Waals surface area contributed by atoms with Crippen LogP contribution in [0, 0.1) is 0 Å². The lowest BCUT2D eigenvalue weighted by Gasteiger charge is -2.22. The Bertz CT molecular complexity index is 755. The lowest BCUT2D eigenvalue weighted by molar-refractivity contribution is 0.117. The van der Waals surface area contributed by atoms with Crippen molar-refractivity contribution in [1.29, 1.82) is 0 Å². The molecular weight excluding hydrogens is 306 g/mol. The first-order chi connectivity index (χ1) is 11.8. The van der Waals surface area contributed by atoms with Crippen LogP contribution in [-0.2, 0) is 17.8 Å². The van der Waals surface area contributed by atoms with Gasteiger partial charge in [-0.25, -0.2) is 9.78 Å². The Morgan fingerprint density at radius 2 is 2.25 bits per heavy atom. The van der Waals surface area contributed by atoms with Crippen LogP contribution in [0.4, 0.5) is 5.82 Å². The normalized spacial score (nSPS) is 20.1. The zero-order chi connectivity index (χ0) is 16.4. The Morgan fingerprint density at radius 3 is 2.96 bits per heavy atom. The number of hydrogen-bond donors (Lipinski definition) is 2. The minimum Gasteiger partial charge on any atom is -0.492 e. The number of aromatic nitrogens is 4. The molecule has 1 saturated carbocycles. The third-order valence-electron chi connectivity index (χ3n) is 4.55. The largest absolute Gasteiger partial charge is 0.492 e. The number of nitrogens with one attached hydrogen (secondary N) is 2. The van der Waals surface area contributed by atoms with Crippen molar-refractivity contribution in [2.45, 2.75) is 57.3 Å². The molecule has 24 heavy (non-hydrogen) atoms. The molecule has 2 N–H and O–H groups in total. The SMILES string of the molecule is O=c1[nH]c(NC2CC2)c(C2CCC=CO2)n1CCCn1ccnc1. The number of rotatable bonds is 7. The lowest BCUT2D eigenvalue weighted by atomic mass is 10.1. The molecule has 4 rings (SSSR count). The molecule has 2 aromatic heterocycles. The van der Waals surface area contributed by atoms with Gasteiger partial charge in [0.25, 0.3) is 0 Å². The highest BCUT2D eigenvalue weighted by Gasteiger charge is 2.29. The van der Waals surface area contributed by atoms with Gasteiger partial charge in [0.05, 0.1) is 12.6 Å². The van der Waals surface area contributed by atoms with E-state index in [0.29, 0.717) is 12.6 Å². The van der Waals surface area contributed by atoms with E-state index in [0.717, 1.165) is 37.3 Å². The van der Waals surface area contributed by atoms with Crippen LogP contribution in [0.3, 0.4) is 0 Å². The van der Waals surface area contributed by atoms with Gasteiger partial charge in [0.1, 0.15) is 17.6 Å². The quantitative estimate of drug-likeness (QED) is 0.818. The Morgan fingerprint density at radius 1 is 1.33 bits per heavy atom. The van der Waals surface area contributed by atoms with Gasteiger partial charge in [-0.1, -0.05) is 0 Å². The second-order valence-electron chi connectivity index (χ2n) is 6.49. The Balaban J connectivity index is 1.55. The number of nitrogens with zero attached hydrogens (tertiary/aromatic N) is 3. The van der Waals surface area contributed by atoms with Crippen molar-refractivity contribution in [3.05, 3.63) is 47.2 Å². The minimum atomic E-state index is -0.0663. The minimum absolute atomic E-state index is 0.0584. The van der Waals surface area contributed by atoms with Gasteiger partial charge in [0.2, 0.25) is 0 Å². The molecule has 2 aromatic rings. The van der Waals surface area contributed by atoms with E-state index in [1.807, 2.05) is 21.4 Å². The molecule has 0 radical (unpaired) electrons. The molecule has 1 aliphatic heterocycles. The maximum Gasteiger partial charge on any atom is 0.327 e. The van der Waals surface area contributed by atoms with Crippen LogP contribution in [0.2, 0.25) is 0 Å². The van der Waals surface area contributed by atoms with E-state index in [4.69, 9.17) is 4.74 Å². The molecule has 1 unspecified atom stereocenters. The number of ether oxygens (including phenoxy) is 1. The predicted molar refractivity (Wildman–Crippen MR) is 90.7 cm³/mol. The van der Waals surface area contributed by atoms with Crippen molar-refractivity contribution in [2.24, 2.45) is 0 Å². The highest BCUT2D eigenvalue weighted by molar-refractivity contribution is 5.44. The molecule has 2 aliphatic rings. The first-order valence-electron chi connectivity index (χ1n) is 8.67. The summed E-state index contributed by atoms with van der Waals surface area (Å²) in [5.74, 6) is 0.838. The average molecular weight is 329 g/mol. The summed E-state index contributed by atoms with van der Waals surface area (Å²) in [7, 11) is 0. The molecule has 7 nitrogen and oxygen atoms in total. The van der Waals surface area contributed by atoms with Crippen LogP contribution in [0.5, 0.6) is 0 Å². The van der Waals surface area contributed by atoms with Crippen molar-refractivity contribution in [3.63, 3.8) is 0 Å². The van der Waals surface area contributed by atoms with Gasteiger partial charge in [-0.3, -0.25) is 9.55 Å². The fourth-order valence-electron chi connectivity index (χ4n) is 3.15. The molecular formula is C17H23N5O2. The first kappa shape index (κ1) is 15.1. The summed E-state index contributed by atoms with van der Waals surface area (Å²) in [5.41, 5.74) is 0.902. The molecule has 3 heterocycles. The number of allylic oxidation sites excluding steroid dienone is 1. The fraction of sp³-hybridized carbons (Fsp3) is 0.529. The van der Waals surface area contributed by atoms with Gasteiger partial charge < -0.3 is 14.6 Å². The second kappa shape index (κ2) is 6.59.